The molecule has 0 saturated carbocycles. The average Bonchev–Trinajstić information content (AvgIpc) is 1.88. The van der Waals surface area contributed by atoms with Gasteiger partial charge in [0.05, 0.1) is 23.6 Å². The van der Waals surface area contributed by atoms with Crippen molar-refractivity contribution in [3.05, 3.63) is 22.9 Å². The van der Waals surface area contributed by atoms with Crippen molar-refractivity contribution in [1.29, 1.82) is 0 Å². The molecule has 0 rings (SSSR count). The molecule has 0 aliphatic rings. The van der Waals surface area contributed by atoms with Crippen LogP contribution >= 0.6 is 0 Å². The van der Waals surface area contributed by atoms with Crippen molar-refractivity contribution in [2.45, 2.75) is 0 Å². The molecule has 0 atom stereocenters. The van der Waals surface area contributed by atoms with Crippen LogP contribution < -0.4 is 0 Å². The third-order valence-electron chi connectivity index (χ3n) is 0.412. The van der Waals surface area contributed by atoms with E-state index in [1.165, 1.54) is 0 Å². The van der Waals surface area contributed by atoms with E-state index in [0.717, 1.165) is 0 Å². The van der Waals surface area contributed by atoms with Crippen molar-refractivity contribution in [3.63, 3.8) is 0 Å². The molecule has 4 amide bonds. The van der Waals surface area contributed by atoms with Crippen molar-refractivity contribution in [2.24, 2.45) is 0 Å². The van der Waals surface area contributed by atoms with Crippen LogP contribution in [0, 0.1) is 0 Å². The first kappa shape index (κ1) is 17.5. The summed E-state index contributed by atoms with van der Waals surface area (Å²) in [6.07, 6.45) is 0. The van der Waals surface area contributed by atoms with E-state index in [1.807, 2.05) is 0 Å². The van der Waals surface area contributed by atoms with Gasteiger partial charge in [0.2, 0.25) is 0 Å². The number of nitrogens with one attached hydrogen (secondary N) is 4. The molecule has 1 radical (unpaired) electrons. The Hall–Kier alpha value is -1.60. The van der Waals surface area contributed by atoms with Gasteiger partial charge in [-0.1, -0.05) is 0 Å². The molecule has 79 valence electrons. The minimum absolute atomic E-state index is 0. The number of carbonyl (C=O) groups excluding carboxylic acids is 4. The first-order valence-corrected chi connectivity index (χ1v) is 2.32. The van der Waals surface area contributed by atoms with E-state index in [0.29, 0.717) is 0 Å². The number of hydrogen-bond donors (Lipinski definition) is 0. The van der Waals surface area contributed by atoms with Crippen LogP contribution in [0.3, 0.4) is 0 Å². The molecule has 9 heteroatoms. The Morgan fingerprint density at radius 3 is 0.615 bits per heavy atom. The van der Waals surface area contributed by atoms with Crippen LogP contribution in [0.1, 0.15) is 0 Å². The molecule has 0 fully saturated rings. The van der Waals surface area contributed by atoms with Crippen LogP contribution in [-0.2, 0) is 36.2 Å². The molecular weight excluding hydrogens is 232 g/mol. The average molecular weight is 236 g/mol. The van der Waals surface area contributed by atoms with Crippen molar-refractivity contribution >= 4 is 23.6 Å². The van der Waals surface area contributed by atoms with Gasteiger partial charge >= 0.3 is 0 Å². The molecule has 0 spiro atoms. The molecule has 0 aromatic carbocycles. The number of hydrogen-bond acceptors (Lipinski definition) is 4. The Bertz CT molecular complexity index is 180. The van der Waals surface area contributed by atoms with E-state index in [-0.39, 0.29) is 17.1 Å². The Morgan fingerprint density at radius 1 is 0.538 bits per heavy atom. The van der Waals surface area contributed by atoms with Gasteiger partial charge in [-0.3, -0.25) is 0 Å². The largest absolute Gasteiger partial charge is 0.662 e. The van der Waals surface area contributed by atoms with E-state index in [9.17, 15) is 19.2 Å². The topological polar surface area (TPSA) is 163 Å². The third kappa shape index (κ3) is 17.9. The van der Waals surface area contributed by atoms with E-state index in [1.54, 1.807) is 0 Å². The second-order valence-electron chi connectivity index (χ2n) is 1.32. The van der Waals surface area contributed by atoms with Crippen LogP contribution in [0.15, 0.2) is 0 Å². The standard InChI is InChI=1S/2C2H4N2O2.Cu/c2*3-1(5)2(4)6;/h2*(H4,3,4,5,6);/p-4. The summed E-state index contributed by atoms with van der Waals surface area (Å²) >= 11 is 0. The van der Waals surface area contributed by atoms with E-state index in [2.05, 4.69) is 0 Å². The van der Waals surface area contributed by atoms with Gasteiger partial charge in [0.1, 0.15) is 0 Å². The molecule has 8 nitrogen and oxygen atoms in total. The van der Waals surface area contributed by atoms with E-state index >= 15 is 0 Å². The Labute approximate surface area is 83.4 Å². The summed E-state index contributed by atoms with van der Waals surface area (Å²) < 4.78 is 0. The van der Waals surface area contributed by atoms with Crippen molar-refractivity contribution < 1.29 is 36.2 Å². The summed E-state index contributed by atoms with van der Waals surface area (Å²) in [7, 11) is 0. The normalized spacial score (nSPS) is 6.77. The van der Waals surface area contributed by atoms with Crippen LogP contribution in [-0.4, -0.2) is 23.6 Å². The van der Waals surface area contributed by atoms with Crippen LogP contribution in [0.5, 0.6) is 0 Å². The van der Waals surface area contributed by atoms with Gasteiger partial charge in [-0.25, -0.2) is 0 Å². The summed E-state index contributed by atoms with van der Waals surface area (Å²) in [6, 6.07) is 0. The minimum atomic E-state index is -1.46. The first-order valence-electron chi connectivity index (χ1n) is 2.32. The molecule has 0 aromatic heterocycles. The fourth-order valence-electron chi connectivity index (χ4n) is 0. The minimum Gasteiger partial charge on any atom is -0.662 e. The summed E-state index contributed by atoms with van der Waals surface area (Å²) in [4.78, 5) is 37.1. The summed E-state index contributed by atoms with van der Waals surface area (Å²) in [5, 5.41) is 0. The molecule has 0 aliphatic heterocycles. The summed E-state index contributed by atoms with van der Waals surface area (Å²) in [5.74, 6) is -5.85. The predicted molar refractivity (Wildman–Crippen MR) is 37.3 cm³/mol. The number of amides is 4. The second-order valence-corrected chi connectivity index (χ2v) is 1.32. The molecular formula is C4H4CuN4O4-4. The summed E-state index contributed by atoms with van der Waals surface area (Å²) in [5.41, 5.74) is 23.4. The molecule has 4 N–H and O–H groups in total. The maximum Gasteiger partial charge on any atom is 0.0972 e. The van der Waals surface area contributed by atoms with Crippen LogP contribution in [0.4, 0.5) is 0 Å². The Kier molecular flexibility index (Phi) is 11.4. The monoisotopic (exact) mass is 235 g/mol. The number of carbonyl (C=O) groups is 4. The van der Waals surface area contributed by atoms with Gasteiger partial charge in [-0.2, -0.15) is 0 Å². The van der Waals surface area contributed by atoms with Crippen LogP contribution in [0.2, 0.25) is 0 Å². The zero-order valence-corrected chi connectivity index (χ0v) is 6.88. The third-order valence-corrected chi connectivity index (χ3v) is 0.412. The van der Waals surface area contributed by atoms with Gasteiger partial charge in [0.25, 0.3) is 0 Å². The van der Waals surface area contributed by atoms with Gasteiger partial charge in [-0.05, 0) is 0 Å². The molecule has 0 aromatic rings. The van der Waals surface area contributed by atoms with Gasteiger partial charge in [0.15, 0.2) is 0 Å². The molecule has 0 bridgehead atoms. The van der Waals surface area contributed by atoms with E-state index in [4.69, 9.17) is 22.9 Å². The maximum absolute atomic E-state index is 9.27. The fourth-order valence-corrected chi connectivity index (χ4v) is 0. The predicted octanol–water partition coefficient (Wildman–Crippen LogP) is 0.285. The SMILES string of the molecule is [Cu].[NH-]C(=O)C([NH-])=O.[NH-]C(=O)C([NH-])=O. The van der Waals surface area contributed by atoms with Gasteiger partial charge in [0, 0.05) is 17.1 Å². The molecule has 0 aliphatic carbocycles. The zero-order valence-electron chi connectivity index (χ0n) is 5.93. The molecule has 0 saturated heterocycles. The zero-order chi connectivity index (χ0) is 10.3. The summed E-state index contributed by atoms with van der Waals surface area (Å²) in [6.45, 7) is 0. The van der Waals surface area contributed by atoms with E-state index < -0.39 is 23.6 Å². The Morgan fingerprint density at radius 2 is 0.615 bits per heavy atom. The van der Waals surface area contributed by atoms with Crippen molar-refractivity contribution in [1.82, 2.24) is 0 Å². The second kappa shape index (κ2) is 8.50. The Balaban J connectivity index is -0.000000143. The molecule has 0 heterocycles. The number of rotatable bonds is 0. The van der Waals surface area contributed by atoms with Gasteiger partial charge < -0.3 is 42.1 Å². The van der Waals surface area contributed by atoms with Crippen LogP contribution in [0.25, 0.3) is 22.9 Å². The van der Waals surface area contributed by atoms with Gasteiger partial charge in [-0.15, -0.1) is 0 Å². The molecule has 13 heavy (non-hydrogen) atoms. The smallest absolute Gasteiger partial charge is 0.0972 e. The fraction of sp³-hybridized carbons (Fsp3) is 0. The molecule has 0 unspecified atom stereocenters. The first-order chi connectivity index (χ1) is 5.29. The maximum atomic E-state index is 9.27. The van der Waals surface area contributed by atoms with Crippen molar-refractivity contribution in [2.75, 3.05) is 0 Å². The van der Waals surface area contributed by atoms with Crippen molar-refractivity contribution in [3.8, 4) is 0 Å². The quantitative estimate of drug-likeness (QED) is 0.435.